The molecule has 0 aliphatic carbocycles. The third-order valence-corrected chi connectivity index (χ3v) is 3.39. The van der Waals surface area contributed by atoms with Gasteiger partial charge in [-0.3, -0.25) is 9.00 Å². The molecule has 0 radical (unpaired) electrons. The molecule has 0 aliphatic rings. The second kappa shape index (κ2) is 3.62. The van der Waals surface area contributed by atoms with Crippen molar-refractivity contribution in [3.8, 4) is 0 Å². The Bertz CT molecular complexity index is 601. The first kappa shape index (κ1) is 10.1. The maximum absolute atomic E-state index is 12.0. The summed E-state index contributed by atoms with van der Waals surface area (Å²) in [5.41, 5.74) is 1.33. The Morgan fingerprint density at radius 3 is 2.60 bits per heavy atom. The minimum atomic E-state index is -1.25. The first-order chi connectivity index (χ1) is 7.11. The number of hydrogen-bond acceptors (Lipinski definition) is 2. The van der Waals surface area contributed by atoms with Gasteiger partial charge in [0.05, 0.1) is 10.8 Å². The van der Waals surface area contributed by atoms with Gasteiger partial charge in [-0.1, -0.05) is 12.1 Å². The van der Waals surface area contributed by atoms with Gasteiger partial charge in [0.2, 0.25) is 5.43 Å². The van der Waals surface area contributed by atoms with Gasteiger partial charge in [-0.15, -0.1) is 0 Å². The summed E-state index contributed by atoms with van der Waals surface area (Å²) in [6.45, 7) is 1.77. The monoisotopic (exact) mass is 221 g/mol. The fraction of sp³-hybridized carbons (Fsp3) is 0.182. The Labute approximate surface area is 89.6 Å². The lowest BCUT2D eigenvalue weighted by atomic mass is 10.2. The predicted molar refractivity (Wildman–Crippen MR) is 61.6 cm³/mol. The summed E-state index contributed by atoms with van der Waals surface area (Å²) in [6.07, 6.45) is 1.52. The third-order valence-electron chi connectivity index (χ3n) is 2.33. The van der Waals surface area contributed by atoms with Crippen molar-refractivity contribution < 1.29 is 4.21 Å². The Morgan fingerprint density at radius 1 is 1.27 bits per heavy atom. The predicted octanol–water partition coefficient (Wildman–Crippen LogP) is 1.57. The molecule has 3 nitrogen and oxygen atoms in total. The van der Waals surface area contributed by atoms with Crippen LogP contribution in [-0.2, 0) is 10.8 Å². The van der Waals surface area contributed by atoms with Gasteiger partial charge in [0.15, 0.2) is 0 Å². The van der Waals surface area contributed by atoms with Crippen molar-refractivity contribution in [1.82, 2.24) is 4.98 Å². The molecule has 1 N–H and O–H groups in total. The number of benzene rings is 1. The van der Waals surface area contributed by atoms with Crippen molar-refractivity contribution >= 4 is 21.7 Å². The second-order valence-corrected chi connectivity index (χ2v) is 4.72. The summed E-state index contributed by atoms with van der Waals surface area (Å²) >= 11 is 0. The zero-order valence-electron chi connectivity index (χ0n) is 8.53. The Balaban J connectivity index is 2.97. The standard InChI is InChI=1S/C11H11NO2S/c1-7-11(15(2)14)10(13)8-5-3-4-6-9(8)12-7/h3-6H,1-2H3,(H,12,13). The van der Waals surface area contributed by atoms with E-state index in [-0.39, 0.29) is 5.43 Å². The first-order valence-corrected chi connectivity index (χ1v) is 6.12. The highest BCUT2D eigenvalue weighted by Crippen LogP contribution is 2.12. The molecule has 0 saturated heterocycles. The highest BCUT2D eigenvalue weighted by atomic mass is 32.2. The molecule has 1 unspecified atom stereocenters. The second-order valence-electron chi connectivity index (χ2n) is 3.41. The number of rotatable bonds is 1. The van der Waals surface area contributed by atoms with Crippen LogP contribution in [0.4, 0.5) is 0 Å². The molecule has 2 rings (SSSR count). The number of aromatic nitrogens is 1. The van der Waals surface area contributed by atoms with Crippen LogP contribution in [0.1, 0.15) is 5.69 Å². The SMILES string of the molecule is Cc1[nH]c2ccccc2c(=O)c1S(C)=O. The molecular formula is C11H11NO2S. The molecule has 0 saturated carbocycles. The van der Waals surface area contributed by atoms with E-state index in [0.29, 0.717) is 16.0 Å². The highest BCUT2D eigenvalue weighted by Gasteiger charge is 2.11. The molecule has 1 aromatic carbocycles. The topological polar surface area (TPSA) is 49.9 Å². The van der Waals surface area contributed by atoms with E-state index in [2.05, 4.69) is 4.98 Å². The Kier molecular flexibility index (Phi) is 2.44. The molecule has 1 atom stereocenters. The lowest BCUT2D eigenvalue weighted by Crippen LogP contribution is -2.13. The van der Waals surface area contributed by atoms with E-state index in [0.717, 1.165) is 5.52 Å². The largest absolute Gasteiger partial charge is 0.357 e. The van der Waals surface area contributed by atoms with E-state index >= 15 is 0 Å². The molecule has 4 heteroatoms. The summed E-state index contributed by atoms with van der Waals surface area (Å²) in [4.78, 5) is 15.4. The highest BCUT2D eigenvalue weighted by molar-refractivity contribution is 7.84. The Hall–Kier alpha value is -1.42. The molecule has 15 heavy (non-hydrogen) atoms. The summed E-state index contributed by atoms with van der Waals surface area (Å²) in [5, 5.41) is 0.591. The number of hydrogen-bond donors (Lipinski definition) is 1. The number of pyridine rings is 1. The zero-order valence-corrected chi connectivity index (χ0v) is 9.35. The fourth-order valence-electron chi connectivity index (χ4n) is 1.69. The van der Waals surface area contributed by atoms with Gasteiger partial charge in [0.25, 0.3) is 0 Å². The van der Waals surface area contributed by atoms with Crippen LogP contribution in [-0.4, -0.2) is 15.4 Å². The summed E-state index contributed by atoms with van der Waals surface area (Å²) in [7, 11) is -1.25. The molecule has 1 heterocycles. The quantitative estimate of drug-likeness (QED) is 0.794. The summed E-state index contributed by atoms with van der Waals surface area (Å²) < 4.78 is 11.4. The first-order valence-electron chi connectivity index (χ1n) is 4.56. The molecule has 2 aromatic rings. The molecule has 0 bridgehead atoms. The normalized spacial score (nSPS) is 12.9. The van der Waals surface area contributed by atoms with Crippen LogP contribution in [0, 0.1) is 6.92 Å². The number of para-hydroxylation sites is 1. The summed E-state index contributed by atoms with van der Waals surface area (Å²) in [5.74, 6) is 0. The van der Waals surface area contributed by atoms with Crippen LogP contribution in [0.15, 0.2) is 34.0 Å². The molecule has 0 spiro atoms. The van der Waals surface area contributed by atoms with Crippen molar-refractivity contribution in [2.75, 3.05) is 6.26 Å². The molecule has 0 amide bonds. The van der Waals surface area contributed by atoms with Gasteiger partial charge in [-0.25, -0.2) is 0 Å². The van der Waals surface area contributed by atoms with Gasteiger partial charge in [-0.2, -0.15) is 0 Å². The number of aromatic amines is 1. The van der Waals surface area contributed by atoms with Crippen molar-refractivity contribution in [2.24, 2.45) is 0 Å². The Morgan fingerprint density at radius 2 is 1.93 bits per heavy atom. The van der Waals surface area contributed by atoms with Crippen molar-refractivity contribution in [2.45, 2.75) is 11.8 Å². The van der Waals surface area contributed by atoms with E-state index in [1.54, 1.807) is 19.1 Å². The molecule has 0 aliphatic heterocycles. The average Bonchev–Trinajstić information content (AvgIpc) is 2.17. The number of fused-ring (bicyclic) bond motifs is 1. The lowest BCUT2D eigenvalue weighted by molar-refractivity contribution is 0.685. The van der Waals surface area contributed by atoms with Gasteiger partial charge in [-0.05, 0) is 19.1 Å². The fourth-order valence-corrected chi connectivity index (χ4v) is 2.54. The van der Waals surface area contributed by atoms with Gasteiger partial charge < -0.3 is 4.98 Å². The van der Waals surface area contributed by atoms with Crippen LogP contribution < -0.4 is 5.43 Å². The average molecular weight is 221 g/mol. The van der Waals surface area contributed by atoms with E-state index in [1.807, 2.05) is 12.1 Å². The summed E-state index contributed by atoms with van der Waals surface area (Å²) in [6, 6.07) is 7.24. The molecule has 0 fully saturated rings. The van der Waals surface area contributed by atoms with Crippen LogP contribution in [0.5, 0.6) is 0 Å². The molecule has 78 valence electrons. The minimum absolute atomic E-state index is 0.136. The van der Waals surface area contributed by atoms with Crippen LogP contribution in [0.3, 0.4) is 0 Å². The lowest BCUT2D eigenvalue weighted by Gasteiger charge is -2.04. The number of aryl methyl sites for hydroxylation is 1. The van der Waals surface area contributed by atoms with E-state index in [9.17, 15) is 9.00 Å². The van der Waals surface area contributed by atoms with Crippen molar-refractivity contribution in [3.63, 3.8) is 0 Å². The van der Waals surface area contributed by atoms with E-state index in [4.69, 9.17) is 0 Å². The minimum Gasteiger partial charge on any atom is -0.357 e. The van der Waals surface area contributed by atoms with Gasteiger partial charge in [0.1, 0.15) is 4.90 Å². The van der Waals surface area contributed by atoms with Gasteiger partial charge in [0, 0.05) is 22.9 Å². The maximum atomic E-state index is 12.0. The zero-order chi connectivity index (χ0) is 11.0. The molecule has 1 aromatic heterocycles. The molecular weight excluding hydrogens is 210 g/mol. The number of nitrogens with one attached hydrogen (secondary N) is 1. The third kappa shape index (κ3) is 1.61. The van der Waals surface area contributed by atoms with Crippen LogP contribution in [0.25, 0.3) is 10.9 Å². The van der Waals surface area contributed by atoms with E-state index < -0.39 is 10.8 Å². The van der Waals surface area contributed by atoms with Crippen molar-refractivity contribution in [3.05, 3.63) is 40.2 Å². The number of H-pyrrole nitrogens is 1. The van der Waals surface area contributed by atoms with Crippen LogP contribution in [0.2, 0.25) is 0 Å². The van der Waals surface area contributed by atoms with E-state index in [1.165, 1.54) is 6.26 Å². The van der Waals surface area contributed by atoms with Crippen LogP contribution >= 0.6 is 0 Å². The maximum Gasteiger partial charge on any atom is 0.205 e. The van der Waals surface area contributed by atoms with Crippen molar-refractivity contribution in [1.29, 1.82) is 0 Å². The smallest absolute Gasteiger partial charge is 0.205 e. The van der Waals surface area contributed by atoms with Gasteiger partial charge >= 0.3 is 0 Å².